The highest BCUT2D eigenvalue weighted by Crippen LogP contribution is 2.34. The van der Waals surface area contributed by atoms with Crippen molar-refractivity contribution < 1.29 is 4.42 Å². The second kappa shape index (κ2) is 10.2. The third-order valence-corrected chi connectivity index (χ3v) is 8.49. The summed E-state index contributed by atoms with van der Waals surface area (Å²) in [4.78, 5) is 14.9. The van der Waals surface area contributed by atoms with Crippen LogP contribution in [0.4, 0.5) is 0 Å². The van der Waals surface area contributed by atoms with Crippen LogP contribution < -0.4 is 0 Å². The van der Waals surface area contributed by atoms with E-state index in [2.05, 4.69) is 103 Å². The summed E-state index contributed by atoms with van der Waals surface area (Å²) >= 11 is 0. The highest BCUT2D eigenvalue weighted by atomic mass is 16.3. The van der Waals surface area contributed by atoms with Crippen molar-refractivity contribution in [2.75, 3.05) is 0 Å². The van der Waals surface area contributed by atoms with Gasteiger partial charge in [-0.3, -0.25) is 0 Å². The Hall–Kier alpha value is -6.13. The smallest absolute Gasteiger partial charge is 0.164 e. The fraction of sp³-hybridized carbons (Fsp3) is 0. The first-order valence-corrected chi connectivity index (χ1v) is 15.0. The number of furan rings is 1. The summed E-state index contributed by atoms with van der Waals surface area (Å²) in [6, 6.07) is 52.4. The maximum atomic E-state index is 6.15. The molecule has 0 amide bonds. The first-order valence-electron chi connectivity index (χ1n) is 15.0. The zero-order valence-electron chi connectivity index (χ0n) is 24.2. The average Bonchev–Trinajstić information content (AvgIpc) is 3.49. The molecule has 9 aromatic rings. The fourth-order valence-corrected chi connectivity index (χ4v) is 6.15. The molecule has 45 heavy (non-hydrogen) atoms. The molecular formula is C41H25N3O. The van der Waals surface area contributed by atoms with Crippen LogP contribution in [0.5, 0.6) is 0 Å². The van der Waals surface area contributed by atoms with Gasteiger partial charge >= 0.3 is 0 Å². The standard InChI is InChI=1S/C41H25N3O/c1-2-9-27(10-3-1)39-42-40(33-18-14-26-8-4-5-11-28(26)23-33)44-41(43-39)34-19-17-29-22-30(15-16-31(29)24-34)32-20-21-36-35-12-6-7-13-37(35)45-38(36)25-32/h1-25H. The number of fused-ring (bicyclic) bond motifs is 5. The monoisotopic (exact) mass is 575 g/mol. The van der Waals surface area contributed by atoms with Gasteiger partial charge < -0.3 is 4.42 Å². The summed E-state index contributed by atoms with van der Waals surface area (Å²) in [5, 5.41) is 6.88. The Morgan fingerprint density at radius 2 is 0.800 bits per heavy atom. The molecule has 0 saturated heterocycles. The Morgan fingerprint density at radius 1 is 0.311 bits per heavy atom. The zero-order chi connectivity index (χ0) is 29.7. The van der Waals surface area contributed by atoms with Gasteiger partial charge in [0.15, 0.2) is 17.5 Å². The Labute approximate surface area is 259 Å². The van der Waals surface area contributed by atoms with Crippen molar-refractivity contribution in [3.8, 4) is 45.3 Å². The minimum Gasteiger partial charge on any atom is -0.456 e. The number of rotatable bonds is 4. The molecule has 210 valence electrons. The summed E-state index contributed by atoms with van der Waals surface area (Å²) in [6.07, 6.45) is 0. The van der Waals surface area contributed by atoms with Gasteiger partial charge in [-0.05, 0) is 69.1 Å². The molecule has 0 spiro atoms. The summed E-state index contributed by atoms with van der Waals surface area (Å²) in [7, 11) is 0. The van der Waals surface area contributed by atoms with Crippen LogP contribution in [0.3, 0.4) is 0 Å². The molecular weight excluding hydrogens is 550 g/mol. The lowest BCUT2D eigenvalue weighted by molar-refractivity contribution is 0.669. The maximum Gasteiger partial charge on any atom is 0.164 e. The second-order valence-electron chi connectivity index (χ2n) is 11.3. The van der Waals surface area contributed by atoms with Crippen molar-refractivity contribution in [1.29, 1.82) is 0 Å². The van der Waals surface area contributed by atoms with Gasteiger partial charge in [0.05, 0.1) is 0 Å². The molecule has 9 rings (SSSR count). The highest BCUT2D eigenvalue weighted by Gasteiger charge is 2.14. The quantitative estimate of drug-likeness (QED) is 0.209. The number of benzene rings is 7. The molecule has 0 aliphatic heterocycles. The van der Waals surface area contributed by atoms with Crippen LogP contribution in [0.1, 0.15) is 0 Å². The van der Waals surface area contributed by atoms with Crippen molar-refractivity contribution in [2.45, 2.75) is 0 Å². The molecule has 0 radical (unpaired) electrons. The van der Waals surface area contributed by atoms with Gasteiger partial charge in [0.2, 0.25) is 0 Å². The minimum absolute atomic E-state index is 0.647. The van der Waals surface area contributed by atoms with E-state index in [-0.39, 0.29) is 0 Å². The van der Waals surface area contributed by atoms with Crippen molar-refractivity contribution >= 4 is 43.5 Å². The van der Waals surface area contributed by atoms with Gasteiger partial charge in [0.1, 0.15) is 11.2 Å². The number of nitrogens with zero attached hydrogens (tertiary/aromatic N) is 3. The van der Waals surface area contributed by atoms with Gasteiger partial charge in [-0.15, -0.1) is 0 Å². The Kier molecular flexibility index (Phi) is 5.78. The molecule has 0 saturated carbocycles. The molecule has 2 heterocycles. The predicted octanol–water partition coefficient (Wildman–Crippen LogP) is 10.7. The molecule has 0 fully saturated rings. The topological polar surface area (TPSA) is 51.8 Å². The lowest BCUT2D eigenvalue weighted by atomic mass is 9.99. The van der Waals surface area contributed by atoms with Crippen LogP contribution in [0.15, 0.2) is 156 Å². The largest absolute Gasteiger partial charge is 0.456 e. The summed E-state index contributed by atoms with van der Waals surface area (Å²) in [5.74, 6) is 1.95. The fourth-order valence-electron chi connectivity index (χ4n) is 6.15. The maximum absolute atomic E-state index is 6.15. The SMILES string of the molecule is c1ccc(-c2nc(-c3ccc4ccccc4c3)nc(-c3ccc4cc(-c5ccc6c(c5)oc5ccccc56)ccc4c3)n2)cc1. The van der Waals surface area contributed by atoms with Crippen molar-refractivity contribution in [1.82, 2.24) is 15.0 Å². The summed E-state index contributed by atoms with van der Waals surface area (Å²) < 4.78 is 6.15. The number of aromatic nitrogens is 3. The lowest BCUT2D eigenvalue weighted by Gasteiger charge is -2.10. The lowest BCUT2D eigenvalue weighted by Crippen LogP contribution is -2.00. The van der Waals surface area contributed by atoms with Crippen molar-refractivity contribution in [3.63, 3.8) is 0 Å². The average molecular weight is 576 g/mol. The number of para-hydroxylation sites is 1. The zero-order valence-corrected chi connectivity index (χ0v) is 24.2. The van der Waals surface area contributed by atoms with Gasteiger partial charge in [0, 0.05) is 27.5 Å². The molecule has 4 nitrogen and oxygen atoms in total. The molecule has 0 unspecified atom stereocenters. The van der Waals surface area contributed by atoms with Gasteiger partial charge in [0.25, 0.3) is 0 Å². The van der Waals surface area contributed by atoms with Gasteiger partial charge in [-0.2, -0.15) is 0 Å². The highest BCUT2D eigenvalue weighted by molar-refractivity contribution is 6.06. The molecule has 0 atom stereocenters. The molecule has 0 bridgehead atoms. The van der Waals surface area contributed by atoms with Gasteiger partial charge in [-0.1, -0.05) is 115 Å². The van der Waals surface area contributed by atoms with Crippen molar-refractivity contribution in [3.05, 3.63) is 152 Å². The summed E-state index contributed by atoms with van der Waals surface area (Å²) in [5.41, 5.74) is 6.93. The van der Waals surface area contributed by atoms with E-state index in [1.807, 2.05) is 48.5 Å². The normalized spacial score (nSPS) is 11.6. The van der Waals surface area contributed by atoms with Crippen LogP contribution in [-0.2, 0) is 0 Å². The van der Waals surface area contributed by atoms with Crippen LogP contribution in [0.2, 0.25) is 0 Å². The van der Waals surface area contributed by atoms with E-state index < -0.39 is 0 Å². The number of hydrogen-bond donors (Lipinski definition) is 0. The molecule has 2 aromatic heterocycles. The third-order valence-electron chi connectivity index (χ3n) is 8.49. The molecule has 7 aromatic carbocycles. The van der Waals surface area contributed by atoms with E-state index in [1.165, 1.54) is 5.39 Å². The van der Waals surface area contributed by atoms with E-state index in [1.54, 1.807) is 0 Å². The second-order valence-corrected chi connectivity index (χ2v) is 11.3. The molecule has 0 aliphatic rings. The Balaban J connectivity index is 1.13. The minimum atomic E-state index is 0.647. The first kappa shape index (κ1) is 25.4. The van der Waals surface area contributed by atoms with E-state index in [0.29, 0.717) is 17.5 Å². The van der Waals surface area contributed by atoms with Gasteiger partial charge in [-0.25, -0.2) is 15.0 Å². The van der Waals surface area contributed by atoms with Crippen LogP contribution in [0.25, 0.3) is 88.8 Å². The van der Waals surface area contributed by atoms with Crippen molar-refractivity contribution in [2.24, 2.45) is 0 Å². The van der Waals surface area contributed by atoms with Crippen LogP contribution in [0, 0.1) is 0 Å². The predicted molar refractivity (Wildman–Crippen MR) is 184 cm³/mol. The molecule has 0 aliphatic carbocycles. The number of hydrogen-bond acceptors (Lipinski definition) is 4. The van der Waals surface area contributed by atoms with Crippen LogP contribution in [-0.4, -0.2) is 15.0 Å². The first-order chi connectivity index (χ1) is 22.2. The Morgan fingerprint density at radius 3 is 1.56 bits per heavy atom. The van der Waals surface area contributed by atoms with E-state index in [0.717, 1.165) is 65.9 Å². The molecule has 4 heteroatoms. The van der Waals surface area contributed by atoms with E-state index >= 15 is 0 Å². The summed E-state index contributed by atoms with van der Waals surface area (Å²) in [6.45, 7) is 0. The third kappa shape index (κ3) is 4.52. The van der Waals surface area contributed by atoms with E-state index in [4.69, 9.17) is 19.4 Å². The molecule has 0 N–H and O–H groups in total. The van der Waals surface area contributed by atoms with Crippen LogP contribution >= 0.6 is 0 Å². The Bertz CT molecular complexity index is 2550. The van der Waals surface area contributed by atoms with E-state index in [9.17, 15) is 0 Å².